The molecule has 0 radical (unpaired) electrons. The van der Waals surface area contributed by atoms with Gasteiger partial charge in [-0.25, -0.2) is 0 Å². The fourth-order valence-corrected chi connectivity index (χ4v) is 2.14. The smallest absolute Gasteiger partial charge is 0.414 e. The fraction of sp³-hybridized carbons (Fsp3) is 0.917. The number of piperidine rings is 1. The van der Waals surface area contributed by atoms with E-state index in [1.54, 1.807) is 6.92 Å². The maximum atomic E-state index is 12.2. The number of rotatable bonds is 1. The van der Waals surface area contributed by atoms with Crippen LogP contribution in [0.25, 0.3) is 0 Å². The highest BCUT2D eigenvalue weighted by Crippen LogP contribution is 2.25. The van der Waals surface area contributed by atoms with Crippen LogP contribution in [0.4, 0.5) is 4.79 Å². The van der Waals surface area contributed by atoms with Crippen LogP contribution in [0.3, 0.4) is 0 Å². The van der Waals surface area contributed by atoms with E-state index in [9.17, 15) is 9.90 Å². The van der Waals surface area contributed by atoms with Crippen molar-refractivity contribution in [2.75, 3.05) is 13.1 Å². The molecule has 1 aliphatic heterocycles. The van der Waals surface area contributed by atoms with E-state index in [0.717, 1.165) is 19.3 Å². The number of quaternary nitrogens is 1. The Kier molecular flexibility index (Phi) is 3.97. The number of nitrogens with zero attached hydrogens (tertiary/aromatic N) is 1. The predicted molar refractivity (Wildman–Crippen MR) is 61.8 cm³/mol. The highest BCUT2D eigenvalue weighted by Gasteiger charge is 2.45. The molecular weight excluding hydrogens is 206 g/mol. The minimum Gasteiger partial charge on any atom is -0.414 e. The maximum Gasteiger partial charge on any atom is 0.518 e. The zero-order valence-electron chi connectivity index (χ0n) is 10.8. The van der Waals surface area contributed by atoms with E-state index in [1.807, 2.05) is 20.8 Å². The van der Waals surface area contributed by atoms with Crippen LogP contribution in [0.15, 0.2) is 0 Å². The zero-order valence-corrected chi connectivity index (χ0v) is 10.8. The van der Waals surface area contributed by atoms with Crippen molar-refractivity contribution in [3.8, 4) is 0 Å². The van der Waals surface area contributed by atoms with Crippen molar-refractivity contribution < 1.29 is 19.1 Å². The standard InChI is InChI=1S/C12H24NO3/c1-10(14)13(8-6-5-7-9-13)11(15)16-12(2,3)4/h10,14H,5-9H2,1-4H3/q+1. The third kappa shape index (κ3) is 2.95. The van der Waals surface area contributed by atoms with Crippen molar-refractivity contribution in [3.05, 3.63) is 0 Å². The Morgan fingerprint density at radius 2 is 1.75 bits per heavy atom. The third-order valence-electron chi connectivity index (χ3n) is 3.09. The Morgan fingerprint density at radius 3 is 2.12 bits per heavy atom. The van der Waals surface area contributed by atoms with E-state index in [2.05, 4.69) is 0 Å². The summed E-state index contributed by atoms with van der Waals surface area (Å²) < 4.78 is 5.48. The van der Waals surface area contributed by atoms with Gasteiger partial charge in [0.05, 0.1) is 13.1 Å². The lowest BCUT2D eigenvalue weighted by Gasteiger charge is -2.40. The molecule has 0 aliphatic carbocycles. The van der Waals surface area contributed by atoms with Gasteiger partial charge in [-0.3, -0.25) is 0 Å². The molecule has 0 bridgehead atoms. The zero-order chi connectivity index (χ0) is 12.4. The minimum atomic E-state index is -0.685. The van der Waals surface area contributed by atoms with Crippen LogP contribution < -0.4 is 0 Å². The molecule has 0 saturated carbocycles. The summed E-state index contributed by atoms with van der Waals surface area (Å²) >= 11 is 0. The number of hydrogen-bond acceptors (Lipinski definition) is 3. The summed E-state index contributed by atoms with van der Waals surface area (Å²) in [5, 5.41) is 9.87. The largest absolute Gasteiger partial charge is 0.518 e. The highest BCUT2D eigenvalue weighted by atomic mass is 16.6. The molecule has 0 spiro atoms. The van der Waals surface area contributed by atoms with Gasteiger partial charge in [0, 0.05) is 6.92 Å². The van der Waals surface area contributed by atoms with E-state index >= 15 is 0 Å². The minimum absolute atomic E-state index is 0.0667. The topological polar surface area (TPSA) is 46.5 Å². The Hall–Kier alpha value is -0.610. The molecule has 0 aromatic heterocycles. The first-order chi connectivity index (χ1) is 7.28. The Balaban J connectivity index is 2.81. The van der Waals surface area contributed by atoms with Crippen molar-refractivity contribution >= 4 is 6.09 Å². The number of aliphatic hydroxyl groups is 1. The number of amides is 1. The predicted octanol–water partition coefficient (Wildman–Crippen LogP) is 2.26. The second kappa shape index (κ2) is 4.72. The number of aliphatic hydroxyl groups excluding tert-OH is 1. The van der Waals surface area contributed by atoms with Gasteiger partial charge in [-0.15, -0.1) is 0 Å². The summed E-state index contributed by atoms with van der Waals surface area (Å²) in [5.41, 5.74) is -0.491. The molecule has 1 atom stereocenters. The second-order valence-electron chi connectivity index (χ2n) is 5.65. The number of hydrogen-bond donors (Lipinski definition) is 1. The number of carbonyl (C=O) groups excluding carboxylic acids is 1. The molecule has 1 rings (SSSR count). The van der Waals surface area contributed by atoms with Crippen LogP contribution in [-0.2, 0) is 4.74 Å². The number of likely N-dealkylation sites (tertiary alicyclic amines) is 1. The molecule has 1 fully saturated rings. The van der Waals surface area contributed by atoms with Crippen molar-refractivity contribution in [1.29, 1.82) is 0 Å². The van der Waals surface area contributed by atoms with Gasteiger partial charge in [0.2, 0.25) is 0 Å². The molecule has 1 aliphatic rings. The molecule has 4 heteroatoms. The van der Waals surface area contributed by atoms with Crippen LogP contribution in [-0.4, -0.2) is 40.6 Å². The molecule has 0 aromatic rings. The molecule has 1 N–H and O–H groups in total. The summed E-state index contributed by atoms with van der Waals surface area (Å²) in [5.74, 6) is 0. The highest BCUT2D eigenvalue weighted by molar-refractivity contribution is 5.60. The maximum absolute atomic E-state index is 12.2. The summed E-state index contributed by atoms with van der Waals surface area (Å²) in [7, 11) is 0. The number of ether oxygens (including phenoxy) is 1. The van der Waals surface area contributed by atoms with Gasteiger partial charge in [-0.05, 0) is 40.0 Å². The molecule has 4 nitrogen and oxygen atoms in total. The van der Waals surface area contributed by atoms with Crippen LogP contribution in [0.2, 0.25) is 0 Å². The second-order valence-corrected chi connectivity index (χ2v) is 5.65. The monoisotopic (exact) mass is 230 g/mol. The van der Waals surface area contributed by atoms with Gasteiger partial charge in [0.25, 0.3) is 0 Å². The average molecular weight is 230 g/mol. The van der Waals surface area contributed by atoms with Crippen molar-refractivity contribution in [3.63, 3.8) is 0 Å². The van der Waals surface area contributed by atoms with Gasteiger partial charge >= 0.3 is 6.09 Å². The van der Waals surface area contributed by atoms with Gasteiger partial charge in [-0.1, -0.05) is 0 Å². The first kappa shape index (κ1) is 13.5. The Morgan fingerprint density at radius 1 is 1.25 bits per heavy atom. The van der Waals surface area contributed by atoms with E-state index < -0.39 is 11.8 Å². The Bertz CT molecular complexity index is 249. The third-order valence-corrected chi connectivity index (χ3v) is 3.09. The van der Waals surface area contributed by atoms with Crippen molar-refractivity contribution in [2.24, 2.45) is 0 Å². The Labute approximate surface area is 97.8 Å². The van der Waals surface area contributed by atoms with Crippen LogP contribution in [0.5, 0.6) is 0 Å². The normalized spacial score (nSPS) is 22.6. The van der Waals surface area contributed by atoms with Crippen LogP contribution in [0.1, 0.15) is 47.0 Å². The van der Waals surface area contributed by atoms with Gasteiger partial charge in [0.15, 0.2) is 6.23 Å². The van der Waals surface area contributed by atoms with Gasteiger partial charge in [0.1, 0.15) is 5.60 Å². The van der Waals surface area contributed by atoms with Crippen molar-refractivity contribution in [1.82, 2.24) is 0 Å². The lowest BCUT2D eigenvalue weighted by atomic mass is 10.1. The van der Waals surface area contributed by atoms with E-state index in [4.69, 9.17) is 4.74 Å². The first-order valence-corrected chi connectivity index (χ1v) is 6.06. The van der Waals surface area contributed by atoms with E-state index in [0.29, 0.717) is 13.1 Å². The number of carbonyl (C=O) groups is 1. The van der Waals surface area contributed by atoms with Crippen LogP contribution >= 0.6 is 0 Å². The average Bonchev–Trinajstić information content (AvgIpc) is 2.16. The molecule has 1 heterocycles. The molecule has 16 heavy (non-hydrogen) atoms. The molecule has 94 valence electrons. The summed E-state index contributed by atoms with van der Waals surface area (Å²) in [4.78, 5) is 12.2. The van der Waals surface area contributed by atoms with Gasteiger partial charge < -0.3 is 9.84 Å². The first-order valence-electron chi connectivity index (χ1n) is 6.06. The van der Waals surface area contributed by atoms with Crippen molar-refractivity contribution in [2.45, 2.75) is 58.8 Å². The summed E-state index contributed by atoms with van der Waals surface area (Å²) in [6.07, 6.45) is 2.11. The summed E-state index contributed by atoms with van der Waals surface area (Å²) in [6, 6.07) is 0. The molecule has 1 unspecified atom stereocenters. The lowest BCUT2D eigenvalue weighted by molar-refractivity contribution is -0.908. The molecule has 0 aromatic carbocycles. The van der Waals surface area contributed by atoms with Crippen LogP contribution in [0, 0.1) is 0 Å². The molecule has 1 amide bonds. The SMILES string of the molecule is CC(O)[N+]1(C(=O)OC(C)(C)C)CCCCC1. The summed E-state index contributed by atoms with van der Waals surface area (Å²) in [6.45, 7) is 8.61. The fourth-order valence-electron chi connectivity index (χ4n) is 2.14. The quantitative estimate of drug-likeness (QED) is 0.703. The lowest BCUT2D eigenvalue weighted by Crippen LogP contribution is -2.61. The molecular formula is C12H24NO3+. The van der Waals surface area contributed by atoms with E-state index in [1.165, 1.54) is 0 Å². The van der Waals surface area contributed by atoms with Gasteiger partial charge in [-0.2, -0.15) is 9.28 Å². The van der Waals surface area contributed by atoms with E-state index in [-0.39, 0.29) is 10.6 Å². The molecule has 1 saturated heterocycles.